The molecule has 1 aromatic carbocycles. The molecular weight excluding hydrogens is 368 g/mol. The molecule has 4 rings (SSSR count). The first-order chi connectivity index (χ1) is 12.4. The fourth-order valence-electron chi connectivity index (χ4n) is 4.26. The van der Waals surface area contributed by atoms with Crippen molar-refractivity contribution >= 4 is 21.8 Å². The van der Waals surface area contributed by atoms with Crippen LogP contribution in [0.1, 0.15) is 18.0 Å². The maximum Gasteiger partial charge on any atom is 0.250 e. The number of thioether (sulfide) groups is 1. The summed E-state index contributed by atoms with van der Waals surface area (Å²) in [5.41, 5.74) is 3.10. The van der Waals surface area contributed by atoms with Crippen LogP contribution >= 0.6 is 11.8 Å². The summed E-state index contributed by atoms with van der Waals surface area (Å²) in [6.45, 7) is 1.55. The Kier molecular flexibility index (Phi) is 4.49. The number of sulfonamides is 1. The molecule has 1 aromatic heterocycles. The molecule has 7 heteroatoms. The Hall–Kier alpha value is -1.57. The molecule has 2 aliphatic rings. The summed E-state index contributed by atoms with van der Waals surface area (Å²) in [4.78, 5) is 13.7. The molecule has 0 spiro atoms. The average Bonchev–Trinajstić information content (AvgIpc) is 2.62. The van der Waals surface area contributed by atoms with Crippen LogP contribution in [0.3, 0.4) is 0 Å². The molecule has 2 aromatic rings. The first-order valence-electron chi connectivity index (χ1n) is 8.70. The van der Waals surface area contributed by atoms with Crippen LogP contribution in [-0.4, -0.2) is 42.9 Å². The Bertz CT molecular complexity index is 996. The molecule has 2 atom stereocenters. The van der Waals surface area contributed by atoms with Gasteiger partial charge in [0.1, 0.15) is 0 Å². The lowest BCUT2D eigenvalue weighted by molar-refractivity contribution is 0.187. The first kappa shape index (κ1) is 17.8. The number of hydrogen-bond donors (Lipinski definition) is 0. The molecule has 1 fully saturated rings. The van der Waals surface area contributed by atoms with Crippen molar-refractivity contribution < 1.29 is 8.42 Å². The van der Waals surface area contributed by atoms with E-state index in [1.165, 1.54) is 11.2 Å². The summed E-state index contributed by atoms with van der Waals surface area (Å²) in [6, 6.07) is 11.8. The van der Waals surface area contributed by atoms with Gasteiger partial charge in [-0.05, 0) is 42.4 Å². The van der Waals surface area contributed by atoms with Crippen LogP contribution < -0.4 is 5.56 Å². The van der Waals surface area contributed by atoms with E-state index in [-0.39, 0.29) is 17.4 Å². The molecule has 0 N–H and O–H groups in total. The zero-order chi connectivity index (χ0) is 18.5. The molecule has 0 aliphatic carbocycles. The van der Waals surface area contributed by atoms with Gasteiger partial charge >= 0.3 is 0 Å². The molecule has 0 saturated carbocycles. The number of pyridine rings is 1. The van der Waals surface area contributed by atoms with E-state index in [1.54, 1.807) is 22.1 Å². The standard InChI is InChI=1S/C19H22N2O3S2/c1-25-16-5-3-14(4-6-16)17-7-8-18(22)21-11-13-9-15(19(17)21)12-20(10-13)26(2,23)24/h3-8,13,15H,9-12H2,1-2H3/t13-,15-/m0/s1. The minimum absolute atomic E-state index is 0.00647. The third-order valence-electron chi connectivity index (χ3n) is 5.43. The first-order valence-corrected chi connectivity index (χ1v) is 11.8. The smallest absolute Gasteiger partial charge is 0.250 e. The highest BCUT2D eigenvalue weighted by Crippen LogP contribution is 2.40. The van der Waals surface area contributed by atoms with Gasteiger partial charge in [-0.2, -0.15) is 0 Å². The van der Waals surface area contributed by atoms with Crippen LogP contribution in [0.4, 0.5) is 0 Å². The van der Waals surface area contributed by atoms with E-state index in [1.807, 2.05) is 16.9 Å². The summed E-state index contributed by atoms with van der Waals surface area (Å²) >= 11 is 1.69. The molecule has 0 radical (unpaired) electrons. The largest absolute Gasteiger partial charge is 0.311 e. The number of hydrogen-bond acceptors (Lipinski definition) is 4. The molecular formula is C19H22N2O3S2. The lowest BCUT2D eigenvalue weighted by Crippen LogP contribution is -2.49. The zero-order valence-electron chi connectivity index (χ0n) is 14.9. The van der Waals surface area contributed by atoms with Crippen molar-refractivity contribution in [1.82, 2.24) is 8.87 Å². The van der Waals surface area contributed by atoms with Gasteiger partial charge in [0.25, 0.3) is 5.56 Å². The number of rotatable bonds is 3. The second-order valence-electron chi connectivity index (χ2n) is 7.19. The van der Waals surface area contributed by atoms with Gasteiger partial charge in [0.05, 0.1) is 6.26 Å². The van der Waals surface area contributed by atoms with Crippen LogP contribution in [0.15, 0.2) is 46.1 Å². The molecule has 2 aliphatic heterocycles. The number of nitrogens with zero attached hydrogens (tertiary/aromatic N) is 2. The second kappa shape index (κ2) is 6.55. The number of aromatic nitrogens is 1. The molecule has 26 heavy (non-hydrogen) atoms. The average molecular weight is 391 g/mol. The van der Waals surface area contributed by atoms with Gasteiger partial charge in [-0.15, -0.1) is 11.8 Å². The van der Waals surface area contributed by atoms with E-state index in [9.17, 15) is 13.2 Å². The highest BCUT2D eigenvalue weighted by molar-refractivity contribution is 7.98. The van der Waals surface area contributed by atoms with Gasteiger partial charge in [-0.3, -0.25) is 4.79 Å². The third-order valence-corrected chi connectivity index (χ3v) is 7.41. The summed E-state index contributed by atoms with van der Waals surface area (Å²) in [5, 5.41) is 0. The molecule has 3 heterocycles. The van der Waals surface area contributed by atoms with Crippen molar-refractivity contribution in [2.45, 2.75) is 23.8 Å². The van der Waals surface area contributed by atoms with Gasteiger partial charge in [-0.1, -0.05) is 12.1 Å². The number of fused-ring (bicyclic) bond motifs is 4. The minimum atomic E-state index is -3.22. The quantitative estimate of drug-likeness (QED) is 0.756. The maximum atomic E-state index is 12.5. The van der Waals surface area contributed by atoms with E-state index in [4.69, 9.17) is 0 Å². The van der Waals surface area contributed by atoms with Crippen LogP contribution in [0.25, 0.3) is 11.1 Å². The lowest BCUT2D eigenvalue weighted by Gasteiger charge is -2.42. The maximum absolute atomic E-state index is 12.5. The van der Waals surface area contributed by atoms with E-state index >= 15 is 0 Å². The highest BCUT2D eigenvalue weighted by Gasteiger charge is 2.38. The van der Waals surface area contributed by atoms with E-state index in [2.05, 4.69) is 24.3 Å². The Labute approximate surface area is 158 Å². The highest BCUT2D eigenvalue weighted by atomic mass is 32.2. The Morgan fingerprint density at radius 2 is 1.77 bits per heavy atom. The second-order valence-corrected chi connectivity index (χ2v) is 10.1. The Morgan fingerprint density at radius 3 is 2.42 bits per heavy atom. The summed E-state index contributed by atoms with van der Waals surface area (Å²) in [7, 11) is -3.22. The molecule has 2 bridgehead atoms. The summed E-state index contributed by atoms with van der Waals surface area (Å²) in [5.74, 6) is 0.254. The summed E-state index contributed by atoms with van der Waals surface area (Å²) in [6.07, 6.45) is 4.25. The van der Waals surface area contributed by atoms with E-state index < -0.39 is 10.0 Å². The lowest BCUT2D eigenvalue weighted by atomic mass is 9.81. The van der Waals surface area contributed by atoms with Gasteiger partial charge in [0.2, 0.25) is 10.0 Å². The van der Waals surface area contributed by atoms with Gasteiger partial charge in [0, 0.05) is 47.8 Å². The van der Waals surface area contributed by atoms with Crippen LogP contribution in [0.2, 0.25) is 0 Å². The van der Waals surface area contributed by atoms with Gasteiger partial charge < -0.3 is 4.57 Å². The predicted molar refractivity (Wildman–Crippen MR) is 105 cm³/mol. The molecule has 5 nitrogen and oxygen atoms in total. The van der Waals surface area contributed by atoms with E-state index in [0.29, 0.717) is 19.6 Å². The summed E-state index contributed by atoms with van der Waals surface area (Å²) < 4.78 is 27.6. The number of benzene rings is 1. The van der Waals surface area contributed by atoms with Crippen LogP contribution in [0.5, 0.6) is 0 Å². The van der Waals surface area contributed by atoms with Crippen LogP contribution in [-0.2, 0) is 16.6 Å². The van der Waals surface area contributed by atoms with Gasteiger partial charge in [-0.25, -0.2) is 12.7 Å². The molecule has 138 valence electrons. The fourth-order valence-corrected chi connectivity index (χ4v) is 5.60. The van der Waals surface area contributed by atoms with Gasteiger partial charge in [0.15, 0.2) is 0 Å². The van der Waals surface area contributed by atoms with E-state index in [0.717, 1.165) is 23.2 Å². The molecule has 0 amide bonds. The van der Waals surface area contributed by atoms with Crippen LogP contribution in [0, 0.1) is 5.92 Å². The predicted octanol–water partition coefficient (Wildman–Crippen LogP) is 2.62. The zero-order valence-corrected chi connectivity index (χ0v) is 16.5. The van der Waals surface area contributed by atoms with Crippen molar-refractivity contribution in [3.05, 3.63) is 52.4 Å². The van der Waals surface area contributed by atoms with Crippen molar-refractivity contribution in [1.29, 1.82) is 0 Å². The topological polar surface area (TPSA) is 59.4 Å². The SMILES string of the molecule is CSc1ccc(-c2ccc(=O)n3c2[C@H]2C[C@@H](CN(S(C)(=O)=O)C2)C3)cc1. The van der Waals surface area contributed by atoms with Crippen molar-refractivity contribution in [2.75, 3.05) is 25.6 Å². The minimum Gasteiger partial charge on any atom is -0.311 e. The normalized spacial score (nSPS) is 22.8. The molecule has 0 unspecified atom stereocenters. The van der Waals surface area contributed by atoms with Crippen molar-refractivity contribution in [3.8, 4) is 11.1 Å². The Balaban J connectivity index is 1.83. The third kappa shape index (κ3) is 3.12. The van der Waals surface area contributed by atoms with Crippen molar-refractivity contribution in [2.24, 2.45) is 5.92 Å². The van der Waals surface area contributed by atoms with Crippen molar-refractivity contribution in [3.63, 3.8) is 0 Å². The Morgan fingerprint density at radius 1 is 1.04 bits per heavy atom. The fraction of sp³-hybridized carbons (Fsp3) is 0.421. The molecule has 1 saturated heterocycles. The monoisotopic (exact) mass is 390 g/mol. The number of piperidine rings is 1.